The van der Waals surface area contributed by atoms with Crippen molar-refractivity contribution in [3.8, 4) is 0 Å². The second kappa shape index (κ2) is 6.92. The van der Waals surface area contributed by atoms with Gasteiger partial charge in [-0.3, -0.25) is 9.69 Å². The Labute approximate surface area is 134 Å². The molecule has 0 unspecified atom stereocenters. The van der Waals surface area contributed by atoms with Crippen molar-refractivity contribution in [3.05, 3.63) is 35.4 Å². The Balaban J connectivity index is 1.91. The lowest BCUT2D eigenvalue weighted by molar-refractivity contribution is -0.122. The summed E-state index contributed by atoms with van der Waals surface area (Å²) < 4.78 is 49.0. The minimum absolute atomic E-state index is 0.0266. The summed E-state index contributed by atoms with van der Waals surface area (Å²) in [6.07, 6.45) is 0.427. The van der Waals surface area contributed by atoms with E-state index >= 15 is 0 Å². The molecular formula is C15H20F2N2O3S. The Morgan fingerprint density at radius 1 is 1.39 bits per heavy atom. The quantitative estimate of drug-likeness (QED) is 0.872. The van der Waals surface area contributed by atoms with Crippen LogP contribution >= 0.6 is 0 Å². The van der Waals surface area contributed by atoms with Gasteiger partial charge < -0.3 is 5.32 Å². The molecule has 0 saturated carbocycles. The number of carbonyl (C=O) groups excluding carboxylic acids is 1. The van der Waals surface area contributed by atoms with E-state index in [-0.39, 0.29) is 36.0 Å². The molecular weight excluding hydrogens is 326 g/mol. The average Bonchev–Trinajstić information content (AvgIpc) is 2.79. The summed E-state index contributed by atoms with van der Waals surface area (Å²) in [7, 11) is -1.35. The van der Waals surface area contributed by atoms with Crippen LogP contribution in [-0.4, -0.2) is 50.4 Å². The van der Waals surface area contributed by atoms with Crippen LogP contribution in [0.25, 0.3) is 0 Å². The summed E-state index contributed by atoms with van der Waals surface area (Å²) >= 11 is 0. The van der Waals surface area contributed by atoms with Gasteiger partial charge in [-0.05, 0) is 38.1 Å². The van der Waals surface area contributed by atoms with Crippen LogP contribution in [0.15, 0.2) is 18.2 Å². The third-order valence-electron chi connectivity index (χ3n) is 4.08. The van der Waals surface area contributed by atoms with Gasteiger partial charge in [0, 0.05) is 12.1 Å². The molecule has 1 aliphatic rings. The lowest BCUT2D eigenvalue weighted by Gasteiger charge is -2.25. The first-order valence-electron chi connectivity index (χ1n) is 7.33. The lowest BCUT2D eigenvalue weighted by Crippen LogP contribution is -2.42. The van der Waals surface area contributed by atoms with Gasteiger partial charge in [-0.15, -0.1) is 0 Å². The van der Waals surface area contributed by atoms with Crippen LogP contribution in [0.4, 0.5) is 8.78 Å². The van der Waals surface area contributed by atoms with Crippen molar-refractivity contribution in [2.45, 2.75) is 25.4 Å². The van der Waals surface area contributed by atoms with Gasteiger partial charge in [-0.1, -0.05) is 6.07 Å². The van der Waals surface area contributed by atoms with E-state index in [2.05, 4.69) is 5.32 Å². The molecule has 23 heavy (non-hydrogen) atoms. The largest absolute Gasteiger partial charge is 0.351 e. The molecule has 0 aromatic heterocycles. The van der Waals surface area contributed by atoms with E-state index in [1.807, 2.05) is 0 Å². The maximum Gasteiger partial charge on any atom is 0.234 e. The van der Waals surface area contributed by atoms with Gasteiger partial charge in [-0.2, -0.15) is 0 Å². The van der Waals surface area contributed by atoms with Crippen LogP contribution in [0.1, 0.15) is 24.9 Å². The summed E-state index contributed by atoms with van der Waals surface area (Å²) in [6.45, 7) is 1.82. The van der Waals surface area contributed by atoms with Crippen LogP contribution in [-0.2, 0) is 14.6 Å². The number of benzene rings is 1. The van der Waals surface area contributed by atoms with Crippen molar-refractivity contribution >= 4 is 15.7 Å². The highest BCUT2D eigenvalue weighted by molar-refractivity contribution is 7.91. The molecule has 2 rings (SSSR count). The molecule has 0 spiro atoms. The highest BCUT2D eigenvalue weighted by Crippen LogP contribution is 2.20. The number of carbonyl (C=O) groups is 1. The predicted molar refractivity (Wildman–Crippen MR) is 82.6 cm³/mol. The standard InChI is InChI=1S/C15H20F2N2O3S/c1-10(11-3-4-13(16)14(17)7-11)19(2)8-15(20)18-12-5-6-23(21,22)9-12/h3-4,7,10,12H,5-6,8-9H2,1-2H3,(H,18,20)/t10-,12+/m1/s1. The monoisotopic (exact) mass is 346 g/mol. The van der Waals surface area contributed by atoms with Crippen LogP contribution in [0.2, 0.25) is 0 Å². The number of nitrogens with zero attached hydrogens (tertiary/aromatic N) is 1. The first kappa shape index (κ1) is 17.8. The molecule has 0 radical (unpaired) electrons. The summed E-state index contributed by atoms with van der Waals surface area (Å²) in [4.78, 5) is 13.7. The SMILES string of the molecule is C[C@H](c1ccc(F)c(F)c1)N(C)CC(=O)N[C@H]1CCS(=O)(=O)C1. The average molecular weight is 346 g/mol. The van der Waals surface area contributed by atoms with Gasteiger partial charge in [-0.25, -0.2) is 17.2 Å². The normalized spacial score (nSPS) is 21.3. The van der Waals surface area contributed by atoms with Crippen molar-refractivity contribution in [3.63, 3.8) is 0 Å². The van der Waals surface area contributed by atoms with E-state index in [1.54, 1.807) is 18.9 Å². The fourth-order valence-corrected chi connectivity index (χ4v) is 4.25. The minimum Gasteiger partial charge on any atom is -0.351 e. The first-order valence-corrected chi connectivity index (χ1v) is 9.15. The first-order chi connectivity index (χ1) is 10.7. The summed E-state index contributed by atoms with van der Waals surface area (Å²) in [5.41, 5.74) is 0.558. The fraction of sp³-hybridized carbons (Fsp3) is 0.533. The zero-order chi connectivity index (χ0) is 17.2. The molecule has 1 saturated heterocycles. The van der Waals surface area contributed by atoms with Gasteiger partial charge in [0.05, 0.1) is 18.1 Å². The molecule has 1 fully saturated rings. The number of sulfone groups is 1. The predicted octanol–water partition coefficient (Wildman–Crippen LogP) is 1.26. The maximum atomic E-state index is 13.3. The van der Waals surface area contributed by atoms with E-state index in [4.69, 9.17) is 0 Å². The smallest absolute Gasteiger partial charge is 0.234 e. The van der Waals surface area contributed by atoms with Crippen molar-refractivity contribution in [2.75, 3.05) is 25.1 Å². The molecule has 8 heteroatoms. The zero-order valence-electron chi connectivity index (χ0n) is 13.1. The number of amides is 1. The number of rotatable bonds is 5. The zero-order valence-corrected chi connectivity index (χ0v) is 13.9. The summed E-state index contributed by atoms with van der Waals surface area (Å²) in [5.74, 6) is -2.06. The van der Waals surface area contributed by atoms with Gasteiger partial charge in [0.1, 0.15) is 0 Å². The molecule has 1 aromatic carbocycles. The molecule has 1 heterocycles. The number of hydrogen-bond donors (Lipinski definition) is 1. The lowest BCUT2D eigenvalue weighted by atomic mass is 10.1. The van der Waals surface area contributed by atoms with E-state index in [0.29, 0.717) is 12.0 Å². The third-order valence-corrected chi connectivity index (χ3v) is 5.85. The second-order valence-corrected chi connectivity index (χ2v) is 8.16. The van der Waals surface area contributed by atoms with Crippen molar-refractivity contribution in [2.24, 2.45) is 0 Å². The highest BCUT2D eigenvalue weighted by Gasteiger charge is 2.29. The Morgan fingerprint density at radius 2 is 2.09 bits per heavy atom. The Bertz CT molecular complexity index is 694. The van der Waals surface area contributed by atoms with Crippen LogP contribution in [0.3, 0.4) is 0 Å². The molecule has 1 aliphatic heterocycles. The fourth-order valence-electron chi connectivity index (χ4n) is 2.57. The maximum absolute atomic E-state index is 13.3. The van der Waals surface area contributed by atoms with E-state index < -0.39 is 21.5 Å². The molecule has 1 aromatic rings. The summed E-state index contributed by atoms with van der Waals surface area (Å²) in [6, 6.07) is 3.00. The van der Waals surface area contributed by atoms with Crippen molar-refractivity contribution < 1.29 is 22.0 Å². The molecule has 2 atom stereocenters. The molecule has 0 aliphatic carbocycles. The second-order valence-electron chi connectivity index (χ2n) is 5.93. The highest BCUT2D eigenvalue weighted by atomic mass is 32.2. The Hall–Kier alpha value is -1.54. The van der Waals surface area contributed by atoms with E-state index in [0.717, 1.165) is 12.1 Å². The van der Waals surface area contributed by atoms with Gasteiger partial charge in [0.2, 0.25) is 5.91 Å². The molecule has 1 N–H and O–H groups in total. The van der Waals surface area contributed by atoms with Gasteiger partial charge in [0.25, 0.3) is 0 Å². The van der Waals surface area contributed by atoms with E-state index in [9.17, 15) is 22.0 Å². The molecule has 128 valence electrons. The minimum atomic E-state index is -3.04. The number of likely N-dealkylation sites (N-methyl/N-ethyl adjacent to an activating group) is 1. The van der Waals surface area contributed by atoms with Crippen LogP contribution in [0.5, 0.6) is 0 Å². The number of nitrogens with one attached hydrogen (secondary N) is 1. The third kappa shape index (κ3) is 4.71. The van der Waals surface area contributed by atoms with Crippen molar-refractivity contribution in [1.82, 2.24) is 10.2 Å². The topological polar surface area (TPSA) is 66.5 Å². The van der Waals surface area contributed by atoms with Crippen LogP contribution in [0, 0.1) is 11.6 Å². The van der Waals surface area contributed by atoms with Gasteiger partial charge >= 0.3 is 0 Å². The van der Waals surface area contributed by atoms with Gasteiger partial charge in [0.15, 0.2) is 21.5 Å². The van der Waals surface area contributed by atoms with Crippen LogP contribution < -0.4 is 5.32 Å². The summed E-state index contributed by atoms with van der Waals surface area (Å²) in [5, 5.41) is 2.70. The molecule has 0 bridgehead atoms. The molecule has 5 nitrogen and oxygen atoms in total. The van der Waals surface area contributed by atoms with E-state index in [1.165, 1.54) is 6.07 Å². The Kier molecular flexibility index (Phi) is 5.36. The molecule has 1 amide bonds. The van der Waals surface area contributed by atoms with Crippen molar-refractivity contribution in [1.29, 1.82) is 0 Å². The number of hydrogen-bond acceptors (Lipinski definition) is 4. The Morgan fingerprint density at radius 3 is 2.65 bits per heavy atom. The number of halogens is 2.